The van der Waals surface area contributed by atoms with E-state index in [-0.39, 0.29) is 29.6 Å². The molecule has 1 saturated carbocycles. The van der Waals surface area contributed by atoms with E-state index >= 15 is 0 Å². The summed E-state index contributed by atoms with van der Waals surface area (Å²) in [4.78, 5) is 40.7. The molecule has 2 fully saturated rings. The summed E-state index contributed by atoms with van der Waals surface area (Å²) in [5.74, 6) is -0.725. The minimum Gasteiger partial charge on any atom is -0.423 e. The maximum atomic E-state index is 13.4. The van der Waals surface area contributed by atoms with Crippen molar-refractivity contribution in [2.24, 2.45) is 11.8 Å². The topological polar surface area (TPSA) is 63.7 Å². The van der Waals surface area contributed by atoms with Gasteiger partial charge in [-0.3, -0.25) is 14.5 Å². The Labute approximate surface area is 199 Å². The molecule has 0 N–H and O–H groups in total. The monoisotopic (exact) mass is 453 g/mol. The summed E-state index contributed by atoms with van der Waals surface area (Å²) < 4.78 is 5.56. The number of esters is 1. The van der Waals surface area contributed by atoms with E-state index in [2.05, 4.69) is 12.1 Å². The van der Waals surface area contributed by atoms with E-state index in [1.165, 1.54) is 10.5 Å². The second kappa shape index (κ2) is 8.90. The van der Waals surface area contributed by atoms with Gasteiger partial charge < -0.3 is 4.74 Å². The number of imide groups is 1. The molecular weight excluding hydrogens is 426 g/mol. The number of carbonyl (C=O) groups excluding carboxylic acids is 3. The highest BCUT2D eigenvalue weighted by Gasteiger charge is 2.50. The number of fused-ring (bicyclic) bond motifs is 1. The van der Waals surface area contributed by atoms with Crippen molar-refractivity contribution in [3.63, 3.8) is 0 Å². The lowest BCUT2D eigenvalue weighted by Crippen LogP contribution is -2.31. The fourth-order valence-corrected chi connectivity index (χ4v) is 5.39. The number of amides is 2. The van der Waals surface area contributed by atoms with Gasteiger partial charge in [-0.25, -0.2) is 4.79 Å². The summed E-state index contributed by atoms with van der Waals surface area (Å²) in [6, 6.07) is 22.4. The van der Waals surface area contributed by atoms with E-state index in [0.29, 0.717) is 29.8 Å². The first-order chi connectivity index (χ1) is 16.4. The predicted octanol–water partition coefficient (Wildman–Crippen LogP) is 5.60. The smallest absolute Gasteiger partial charge is 0.343 e. The van der Waals surface area contributed by atoms with Crippen molar-refractivity contribution in [1.29, 1.82) is 0 Å². The Kier molecular flexibility index (Phi) is 5.78. The Morgan fingerprint density at radius 2 is 1.53 bits per heavy atom. The van der Waals surface area contributed by atoms with E-state index in [1.54, 1.807) is 36.4 Å². The van der Waals surface area contributed by atoms with Crippen LogP contribution in [0.4, 0.5) is 5.69 Å². The van der Waals surface area contributed by atoms with Gasteiger partial charge in [-0.2, -0.15) is 0 Å². The Morgan fingerprint density at radius 3 is 2.26 bits per heavy atom. The number of hydrogen-bond donors (Lipinski definition) is 0. The van der Waals surface area contributed by atoms with Crippen molar-refractivity contribution in [2.45, 2.75) is 39.0 Å². The van der Waals surface area contributed by atoms with Crippen molar-refractivity contribution in [3.8, 4) is 5.75 Å². The maximum Gasteiger partial charge on any atom is 0.343 e. The van der Waals surface area contributed by atoms with Crippen molar-refractivity contribution in [2.75, 3.05) is 4.90 Å². The lowest BCUT2D eigenvalue weighted by atomic mass is 9.73. The van der Waals surface area contributed by atoms with Crippen LogP contribution in [0.25, 0.3) is 0 Å². The Bertz CT molecular complexity index is 1250. The van der Waals surface area contributed by atoms with Gasteiger partial charge in [-0.05, 0) is 86.1 Å². The average Bonchev–Trinajstić information content (AvgIpc) is 3.08. The van der Waals surface area contributed by atoms with Crippen molar-refractivity contribution < 1.29 is 19.1 Å². The molecule has 0 radical (unpaired) electrons. The fraction of sp³-hybridized carbons (Fsp3) is 0.276. The predicted molar refractivity (Wildman–Crippen MR) is 130 cm³/mol. The van der Waals surface area contributed by atoms with Crippen molar-refractivity contribution >= 4 is 23.5 Å². The van der Waals surface area contributed by atoms with Crippen LogP contribution in [-0.4, -0.2) is 17.8 Å². The highest BCUT2D eigenvalue weighted by atomic mass is 16.5. The molecule has 3 aromatic carbocycles. The van der Waals surface area contributed by atoms with E-state index in [9.17, 15) is 14.4 Å². The summed E-state index contributed by atoms with van der Waals surface area (Å²) in [7, 11) is 0. The molecule has 34 heavy (non-hydrogen) atoms. The zero-order chi connectivity index (χ0) is 23.8. The van der Waals surface area contributed by atoms with Gasteiger partial charge in [0.2, 0.25) is 11.8 Å². The average molecular weight is 454 g/mol. The third kappa shape index (κ3) is 4.14. The summed E-state index contributed by atoms with van der Waals surface area (Å²) in [6.07, 6.45) is 2.25. The SMILES string of the molecule is Cc1cc(C)cc(OC(=O)c2cccc(N3C(=O)[C@@H]4CC[C@H](c5ccccc5)C[C@H]4C3=O)c2)c1. The summed E-state index contributed by atoms with van der Waals surface area (Å²) in [6.45, 7) is 3.88. The molecule has 1 aliphatic heterocycles. The molecule has 1 heterocycles. The molecule has 0 bridgehead atoms. The van der Waals surface area contributed by atoms with Gasteiger partial charge in [0.15, 0.2) is 0 Å². The van der Waals surface area contributed by atoms with E-state index < -0.39 is 5.97 Å². The zero-order valence-corrected chi connectivity index (χ0v) is 19.4. The third-order valence-electron chi connectivity index (χ3n) is 6.94. The van der Waals surface area contributed by atoms with Gasteiger partial charge in [0.05, 0.1) is 23.1 Å². The summed E-state index contributed by atoms with van der Waals surface area (Å²) >= 11 is 0. The van der Waals surface area contributed by atoms with Crippen LogP contribution >= 0.6 is 0 Å². The first-order valence-electron chi connectivity index (χ1n) is 11.7. The molecule has 5 nitrogen and oxygen atoms in total. The van der Waals surface area contributed by atoms with E-state index in [0.717, 1.165) is 17.5 Å². The Balaban J connectivity index is 1.36. The van der Waals surface area contributed by atoms with Crippen LogP contribution in [0.1, 0.15) is 52.2 Å². The highest BCUT2D eigenvalue weighted by Crippen LogP contribution is 2.45. The molecule has 0 spiro atoms. The number of hydrogen-bond acceptors (Lipinski definition) is 4. The molecule has 2 aliphatic rings. The largest absolute Gasteiger partial charge is 0.423 e. The van der Waals surface area contributed by atoms with Gasteiger partial charge in [-0.15, -0.1) is 0 Å². The minimum absolute atomic E-state index is 0.165. The zero-order valence-electron chi connectivity index (χ0n) is 19.4. The molecule has 0 unspecified atom stereocenters. The highest BCUT2D eigenvalue weighted by molar-refractivity contribution is 6.22. The number of rotatable bonds is 4. The van der Waals surface area contributed by atoms with Gasteiger partial charge in [0.1, 0.15) is 5.75 Å². The molecular formula is C29H27NO4. The lowest BCUT2D eigenvalue weighted by molar-refractivity contribution is -0.122. The molecule has 0 aromatic heterocycles. The van der Waals surface area contributed by atoms with Gasteiger partial charge in [0, 0.05) is 0 Å². The number of nitrogens with zero attached hydrogens (tertiary/aromatic N) is 1. The molecule has 2 amide bonds. The van der Waals surface area contributed by atoms with Crippen LogP contribution in [0.5, 0.6) is 5.75 Å². The van der Waals surface area contributed by atoms with Crippen LogP contribution in [0.2, 0.25) is 0 Å². The molecule has 5 rings (SSSR count). The van der Waals surface area contributed by atoms with Gasteiger partial charge in [0.25, 0.3) is 0 Å². The summed E-state index contributed by atoms with van der Waals surface area (Å²) in [5.41, 5.74) is 3.95. The van der Waals surface area contributed by atoms with Crippen LogP contribution in [0.3, 0.4) is 0 Å². The number of anilines is 1. The molecule has 1 aliphatic carbocycles. The third-order valence-corrected chi connectivity index (χ3v) is 6.94. The maximum absolute atomic E-state index is 13.4. The molecule has 1 saturated heterocycles. The van der Waals surface area contributed by atoms with Crippen LogP contribution in [-0.2, 0) is 9.59 Å². The Hall–Kier alpha value is -3.73. The van der Waals surface area contributed by atoms with Crippen LogP contribution in [0.15, 0.2) is 72.8 Å². The first-order valence-corrected chi connectivity index (χ1v) is 11.7. The molecule has 3 aromatic rings. The van der Waals surface area contributed by atoms with Gasteiger partial charge >= 0.3 is 5.97 Å². The van der Waals surface area contributed by atoms with E-state index in [1.807, 2.05) is 38.1 Å². The summed E-state index contributed by atoms with van der Waals surface area (Å²) in [5, 5.41) is 0. The normalized spacial score (nSPS) is 21.9. The molecule has 172 valence electrons. The number of benzene rings is 3. The fourth-order valence-electron chi connectivity index (χ4n) is 5.39. The van der Waals surface area contributed by atoms with Crippen molar-refractivity contribution in [3.05, 3.63) is 95.1 Å². The number of aryl methyl sites for hydroxylation is 2. The van der Waals surface area contributed by atoms with Gasteiger partial charge in [-0.1, -0.05) is 42.5 Å². The first kappa shape index (κ1) is 22.1. The van der Waals surface area contributed by atoms with Crippen molar-refractivity contribution in [1.82, 2.24) is 0 Å². The van der Waals surface area contributed by atoms with Crippen LogP contribution < -0.4 is 9.64 Å². The second-order valence-electron chi connectivity index (χ2n) is 9.41. The Morgan fingerprint density at radius 1 is 0.824 bits per heavy atom. The quantitative estimate of drug-likeness (QED) is 0.293. The number of ether oxygens (including phenoxy) is 1. The molecule has 3 atom stereocenters. The molecule has 5 heteroatoms. The minimum atomic E-state index is -0.521. The van der Waals surface area contributed by atoms with E-state index in [4.69, 9.17) is 4.74 Å². The number of carbonyl (C=O) groups is 3. The second-order valence-corrected chi connectivity index (χ2v) is 9.41. The standard InChI is InChI=1S/C29H27NO4/c1-18-13-19(2)15-24(14-18)34-29(33)22-9-6-10-23(16-22)30-27(31)25-12-11-21(17-26(25)28(30)32)20-7-4-3-5-8-20/h3-10,13-16,21,25-26H,11-12,17H2,1-2H3/t21-,25+,26+/m0/s1. The van der Waals surface area contributed by atoms with Crippen LogP contribution in [0, 0.1) is 25.7 Å². The lowest BCUT2D eigenvalue weighted by Gasteiger charge is -2.28.